The van der Waals surface area contributed by atoms with Crippen molar-refractivity contribution in [3.63, 3.8) is 0 Å². The van der Waals surface area contributed by atoms with Gasteiger partial charge in [0.25, 0.3) is 0 Å². The first-order valence-electron chi connectivity index (χ1n) is 3.92. The molecule has 4 heteroatoms. The van der Waals surface area contributed by atoms with Gasteiger partial charge in [0.1, 0.15) is 23.0 Å². The average Bonchev–Trinajstić information content (AvgIpc) is 2.17. The number of nitriles is 1. The number of hydrogen-bond donors (Lipinski definition) is 2. The van der Waals surface area contributed by atoms with Crippen LogP contribution in [-0.4, -0.2) is 5.11 Å². The van der Waals surface area contributed by atoms with E-state index in [2.05, 4.69) is 0 Å². The molecule has 0 radical (unpaired) electrons. The molecule has 0 saturated heterocycles. The predicted octanol–water partition coefficient (Wildman–Crippen LogP) is 1.49. The summed E-state index contributed by atoms with van der Waals surface area (Å²) in [5.41, 5.74) is 0.473. The predicted molar refractivity (Wildman–Crippen MR) is 48.4 cm³/mol. The smallest absolute Gasteiger partial charge is 0.229 e. The molecule has 0 bridgehead atoms. The Bertz CT molecular complexity index is 593. The Hall–Kier alpha value is -2.28. The van der Waals surface area contributed by atoms with Crippen LogP contribution in [0, 0.1) is 16.7 Å². The van der Waals surface area contributed by atoms with Gasteiger partial charge in [-0.3, -0.25) is 5.41 Å². The molecule has 2 aromatic rings. The largest absolute Gasteiger partial charge is 0.508 e. The Kier molecular flexibility index (Phi) is 1.72. The zero-order chi connectivity index (χ0) is 10.1. The van der Waals surface area contributed by atoms with Crippen molar-refractivity contribution < 1.29 is 9.52 Å². The quantitative estimate of drug-likeness (QED) is 0.653. The monoisotopic (exact) mass is 186 g/mol. The van der Waals surface area contributed by atoms with Crippen LogP contribution in [0.3, 0.4) is 0 Å². The maximum absolute atomic E-state index is 9.19. The summed E-state index contributed by atoms with van der Waals surface area (Å²) in [7, 11) is 0. The second-order valence-corrected chi connectivity index (χ2v) is 2.82. The van der Waals surface area contributed by atoms with Gasteiger partial charge < -0.3 is 9.52 Å². The fraction of sp³-hybridized carbons (Fsp3) is 0. The van der Waals surface area contributed by atoms with Gasteiger partial charge in [-0.1, -0.05) is 0 Å². The fourth-order valence-corrected chi connectivity index (χ4v) is 1.21. The van der Waals surface area contributed by atoms with Gasteiger partial charge in [-0.25, -0.2) is 0 Å². The Labute approximate surface area is 79.2 Å². The molecule has 0 aliphatic carbocycles. The van der Waals surface area contributed by atoms with Crippen molar-refractivity contribution in [3.8, 4) is 11.8 Å². The van der Waals surface area contributed by atoms with Gasteiger partial charge in [0.15, 0.2) is 0 Å². The summed E-state index contributed by atoms with van der Waals surface area (Å²) < 4.78 is 5.07. The molecule has 0 spiro atoms. The molecule has 1 aromatic carbocycles. The minimum absolute atomic E-state index is 0.106. The first-order chi connectivity index (χ1) is 6.70. The lowest BCUT2D eigenvalue weighted by Crippen LogP contribution is -2.03. The molecule has 0 atom stereocenters. The molecule has 2 rings (SSSR count). The molecular weight excluding hydrogens is 180 g/mol. The van der Waals surface area contributed by atoms with E-state index in [0.29, 0.717) is 11.0 Å². The number of phenols is 1. The van der Waals surface area contributed by atoms with E-state index in [1.54, 1.807) is 6.07 Å². The molecule has 0 amide bonds. The van der Waals surface area contributed by atoms with Crippen molar-refractivity contribution in [2.45, 2.75) is 0 Å². The number of aromatic hydroxyl groups is 1. The second-order valence-electron chi connectivity index (χ2n) is 2.82. The van der Waals surface area contributed by atoms with Gasteiger partial charge in [0.2, 0.25) is 5.55 Å². The normalized spacial score (nSPS) is 9.93. The Morgan fingerprint density at radius 3 is 2.86 bits per heavy atom. The van der Waals surface area contributed by atoms with E-state index in [9.17, 15) is 5.11 Å². The molecule has 0 aliphatic heterocycles. The van der Waals surface area contributed by atoms with Crippen LogP contribution in [0.25, 0.3) is 11.0 Å². The van der Waals surface area contributed by atoms with E-state index in [0.717, 1.165) is 0 Å². The van der Waals surface area contributed by atoms with Crippen LogP contribution in [0.4, 0.5) is 0 Å². The van der Waals surface area contributed by atoms with Gasteiger partial charge >= 0.3 is 0 Å². The number of nitrogens with one attached hydrogen (secondary N) is 1. The van der Waals surface area contributed by atoms with Gasteiger partial charge in [-0.2, -0.15) is 5.26 Å². The van der Waals surface area contributed by atoms with Gasteiger partial charge in [0, 0.05) is 5.39 Å². The summed E-state index contributed by atoms with van der Waals surface area (Å²) in [5.74, 6) is 0.106. The number of fused-ring (bicyclic) bond motifs is 1. The summed E-state index contributed by atoms with van der Waals surface area (Å²) in [4.78, 5) is 0. The lowest BCUT2D eigenvalue weighted by molar-refractivity contribution is 0.474. The maximum atomic E-state index is 9.19. The van der Waals surface area contributed by atoms with E-state index in [-0.39, 0.29) is 16.9 Å². The first kappa shape index (κ1) is 8.32. The molecule has 0 unspecified atom stereocenters. The van der Waals surface area contributed by atoms with Gasteiger partial charge in [-0.05, 0) is 24.3 Å². The summed E-state index contributed by atoms with van der Waals surface area (Å²) in [6, 6.07) is 7.87. The number of hydrogen-bond acceptors (Lipinski definition) is 4. The molecule has 1 heterocycles. The lowest BCUT2D eigenvalue weighted by Gasteiger charge is -1.98. The number of rotatable bonds is 0. The summed E-state index contributed by atoms with van der Waals surface area (Å²) in [6.07, 6.45) is 0. The fourth-order valence-electron chi connectivity index (χ4n) is 1.21. The Morgan fingerprint density at radius 1 is 1.36 bits per heavy atom. The van der Waals surface area contributed by atoms with E-state index >= 15 is 0 Å². The third-order valence-electron chi connectivity index (χ3n) is 1.87. The van der Waals surface area contributed by atoms with Crippen LogP contribution in [0.5, 0.6) is 5.75 Å². The van der Waals surface area contributed by atoms with Crippen molar-refractivity contribution in [1.82, 2.24) is 0 Å². The van der Waals surface area contributed by atoms with Crippen LogP contribution >= 0.6 is 0 Å². The average molecular weight is 186 g/mol. The number of benzene rings is 1. The molecule has 0 fully saturated rings. The van der Waals surface area contributed by atoms with E-state index in [1.165, 1.54) is 18.2 Å². The molecular formula is C10H6N2O2. The number of phenolic OH excluding ortho intramolecular Hbond substituents is 1. The third-order valence-corrected chi connectivity index (χ3v) is 1.87. The van der Waals surface area contributed by atoms with Crippen LogP contribution in [0.1, 0.15) is 5.56 Å². The van der Waals surface area contributed by atoms with Crippen molar-refractivity contribution in [2.75, 3.05) is 0 Å². The molecule has 68 valence electrons. The van der Waals surface area contributed by atoms with E-state index < -0.39 is 0 Å². The van der Waals surface area contributed by atoms with Crippen molar-refractivity contribution >= 4 is 11.0 Å². The van der Waals surface area contributed by atoms with Crippen LogP contribution in [0.15, 0.2) is 28.7 Å². The Morgan fingerprint density at radius 2 is 2.14 bits per heavy atom. The summed E-state index contributed by atoms with van der Waals surface area (Å²) in [5, 5.41) is 25.8. The van der Waals surface area contributed by atoms with Crippen LogP contribution in [0.2, 0.25) is 0 Å². The highest BCUT2D eigenvalue weighted by Crippen LogP contribution is 2.18. The molecule has 0 saturated carbocycles. The zero-order valence-electron chi connectivity index (χ0n) is 7.11. The van der Waals surface area contributed by atoms with Crippen molar-refractivity contribution in [2.24, 2.45) is 0 Å². The van der Waals surface area contributed by atoms with E-state index in [4.69, 9.17) is 15.1 Å². The van der Waals surface area contributed by atoms with Gasteiger partial charge in [0.05, 0.1) is 0 Å². The second kappa shape index (κ2) is 2.89. The summed E-state index contributed by atoms with van der Waals surface area (Å²) in [6.45, 7) is 0. The van der Waals surface area contributed by atoms with Crippen molar-refractivity contribution in [3.05, 3.63) is 35.4 Å². The third kappa shape index (κ3) is 1.21. The molecule has 4 nitrogen and oxygen atoms in total. The SMILES string of the molecule is N#Cc1cc2cc(O)ccc2oc1=N. The van der Waals surface area contributed by atoms with Crippen LogP contribution in [-0.2, 0) is 0 Å². The number of nitrogens with zero attached hydrogens (tertiary/aromatic N) is 1. The molecule has 2 N–H and O–H groups in total. The molecule has 1 aromatic heterocycles. The van der Waals surface area contributed by atoms with Gasteiger partial charge in [-0.15, -0.1) is 0 Å². The highest BCUT2D eigenvalue weighted by atomic mass is 16.3. The maximum Gasteiger partial charge on any atom is 0.229 e. The topological polar surface area (TPSA) is 81.0 Å². The lowest BCUT2D eigenvalue weighted by atomic mass is 10.2. The minimum atomic E-state index is -0.161. The van der Waals surface area contributed by atoms with Crippen LogP contribution < -0.4 is 5.55 Å². The van der Waals surface area contributed by atoms with Crippen molar-refractivity contribution in [1.29, 1.82) is 10.7 Å². The summed E-state index contributed by atoms with van der Waals surface area (Å²) >= 11 is 0. The highest BCUT2D eigenvalue weighted by Gasteiger charge is 2.02. The Balaban J connectivity index is 2.89. The minimum Gasteiger partial charge on any atom is -0.508 e. The molecule has 0 aliphatic rings. The first-order valence-corrected chi connectivity index (χ1v) is 3.92. The molecule has 14 heavy (non-hydrogen) atoms. The zero-order valence-corrected chi connectivity index (χ0v) is 7.11. The highest BCUT2D eigenvalue weighted by molar-refractivity contribution is 5.79. The van der Waals surface area contributed by atoms with E-state index in [1.807, 2.05) is 6.07 Å². The standard InChI is InChI=1S/C10H6N2O2/c11-5-7-3-6-4-8(13)1-2-9(6)14-10(7)12/h1-4,12-13H.